The van der Waals surface area contributed by atoms with Gasteiger partial charge in [-0.1, -0.05) is 0 Å². The number of amides is 4. The molecule has 18 nitrogen and oxygen atoms in total. The van der Waals surface area contributed by atoms with Crippen LogP contribution in [0.3, 0.4) is 0 Å². The molecule has 0 radical (unpaired) electrons. The van der Waals surface area contributed by atoms with Gasteiger partial charge in [0.15, 0.2) is 0 Å². The smallest absolute Gasteiger partial charge is 0.377 e. The number of urea groups is 2. The minimum absolute atomic E-state index is 0.384. The number of rotatable bonds is 3. The lowest BCUT2D eigenvalue weighted by atomic mass is 10.2. The maximum absolute atomic E-state index is 11.1. The Hall–Kier alpha value is -4.32. The average Bonchev–Trinajstić information content (AvgIpc) is 2.59. The maximum atomic E-state index is 11.1. The van der Waals surface area contributed by atoms with Crippen LogP contribution in [0, 0.1) is 30.3 Å². The summed E-state index contributed by atoms with van der Waals surface area (Å²) < 4.78 is 0. The third kappa shape index (κ3) is 6.43. The Morgan fingerprint density at radius 2 is 1.35 bits per heavy atom. The Kier molecular flexibility index (Phi) is 8.12. The van der Waals surface area contributed by atoms with Gasteiger partial charge in [-0.15, -0.1) is 0 Å². The van der Waals surface area contributed by atoms with E-state index in [9.17, 15) is 45.0 Å². The van der Waals surface area contributed by atoms with Crippen LogP contribution in [-0.4, -0.2) is 26.8 Å². The number of non-ortho nitro benzene ring substituents is 1. The minimum Gasteiger partial charge on any atom is -0.863 e. The second-order valence-corrected chi connectivity index (χ2v) is 3.81. The maximum Gasteiger partial charge on any atom is 0.377 e. The normalized spacial score (nSPS) is 9.00. The molecule has 26 heavy (non-hydrogen) atoms. The van der Waals surface area contributed by atoms with Crippen molar-refractivity contribution in [2.45, 2.75) is 0 Å². The third-order valence-corrected chi connectivity index (χ3v) is 2.22. The number of hydrogen-bond acceptors (Lipinski definition) is 10. The van der Waals surface area contributed by atoms with Gasteiger partial charge in [0.05, 0.1) is 32.7 Å². The molecule has 0 aliphatic rings. The number of carbonyl (C=O) groups excluding carboxylic acids is 2. The van der Waals surface area contributed by atoms with Gasteiger partial charge in [-0.25, -0.2) is 26.3 Å². The van der Waals surface area contributed by atoms with Crippen LogP contribution in [0.1, 0.15) is 0 Å². The Morgan fingerprint density at radius 1 is 0.923 bits per heavy atom. The first-order chi connectivity index (χ1) is 12.0. The van der Waals surface area contributed by atoms with Gasteiger partial charge in [0.2, 0.25) is 0 Å². The monoisotopic (exact) mass is 377 g/mol. The molecule has 0 heterocycles. The van der Waals surface area contributed by atoms with E-state index >= 15 is 0 Å². The van der Waals surface area contributed by atoms with Crippen molar-refractivity contribution >= 4 is 29.1 Å². The van der Waals surface area contributed by atoms with Crippen LogP contribution in [0.15, 0.2) is 12.1 Å². The van der Waals surface area contributed by atoms with Gasteiger partial charge in [-0.2, -0.15) is 5.43 Å². The number of hydrazine groups is 2. The van der Waals surface area contributed by atoms with Crippen molar-refractivity contribution in [3.63, 3.8) is 0 Å². The molecule has 0 saturated carbocycles. The quantitative estimate of drug-likeness (QED) is 0.134. The van der Waals surface area contributed by atoms with E-state index in [2.05, 4.69) is 11.7 Å². The molecule has 0 bridgehead atoms. The highest BCUT2D eigenvalue weighted by atomic mass is 16.6. The van der Waals surface area contributed by atoms with E-state index in [4.69, 9.17) is 0 Å². The minimum atomic E-state index is -1.46. The molecule has 1 rings (SSSR count). The molecule has 0 aliphatic carbocycles. The summed E-state index contributed by atoms with van der Waals surface area (Å²) >= 11 is 0. The van der Waals surface area contributed by atoms with E-state index in [0.29, 0.717) is 12.1 Å². The highest BCUT2D eigenvalue weighted by Gasteiger charge is 2.24. The number of nitrogens with two attached hydrogens (primary N) is 1. The zero-order valence-corrected chi connectivity index (χ0v) is 12.5. The summed E-state index contributed by atoms with van der Waals surface area (Å²) in [6, 6.07) is -0.586. The Bertz CT molecular complexity index is 685. The molecule has 0 aromatic heterocycles. The van der Waals surface area contributed by atoms with Crippen molar-refractivity contribution in [3.05, 3.63) is 42.5 Å². The van der Waals surface area contributed by atoms with E-state index in [0.717, 1.165) is 0 Å². The van der Waals surface area contributed by atoms with Gasteiger partial charge in [-0.3, -0.25) is 41.6 Å². The van der Waals surface area contributed by atoms with Crippen LogP contribution in [0.4, 0.5) is 26.7 Å². The van der Waals surface area contributed by atoms with E-state index in [1.807, 2.05) is 16.3 Å². The van der Waals surface area contributed by atoms with Crippen molar-refractivity contribution in [1.82, 2.24) is 21.7 Å². The van der Waals surface area contributed by atoms with Crippen molar-refractivity contribution < 1.29 is 35.3 Å². The number of benzene rings is 1. The number of nitro groups is 3. The largest absolute Gasteiger partial charge is 0.863 e. The molecular formula is C8H11N9O9. The van der Waals surface area contributed by atoms with E-state index in [1.54, 1.807) is 5.43 Å². The molecule has 0 atom stereocenters. The first kappa shape index (κ1) is 21.7. The van der Waals surface area contributed by atoms with E-state index < -0.39 is 49.6 Å². The van der Waals surface area contributed by atoms with Gasteiger partial charge in [-0.05, 0) is 0 Å². The summed E-state index contributed by atoms with van der Waals surface area (Å²) in [6.45, 7) is 0. The average molecular weight is 377 g/mol. The fraction of sp³-hybridized carbons (Fsp3) is 0. The Morgan fingerprint density at radius 3 is 1.65 bits per heavy atom. The molecule has 1 aromatic rings. The molecule has 0 aliphatic heterocycles. The van der Waals surface area contributed by atoms with Gasteiger partial charge in [0, 0.05) is 0 Å². The molecule has 0 unspecified atom stereocenters. The number of quaternary nitrogens is 1. The van der Waals surface area contributed by atoms with Crippen molar-refractivity contribution in [2.24, 2.45) is 5.84 Å². The van der Waals surface area contributed by atoms with Gasteiger partial charge in [0.25, 0.3) is 17.1 Å². The molecule has 1 aromatic carbocycles. The van der Waals surface area contributed by atoms with Crippen LogP contribution in [0.2, 0.25) is 0 Å². The fourth-order valence-electron chi connectivity index (χ4n) is 1.15. The predicted octanol–water partition coefficient (Wildman–Crippen LogP) is -2.98. The first-order valence-corrected chi connectivity index (χ1v) is 5.93. The second kappa shape index (κ2) is 9.74. The lowest BCUT2D eigenvalue weighted by Crippen LogP contribution is -2.71. The highest BCUT2D eigenvalue weighted by molar-refractivity contribution is 5.78. The third-order valence-electron chi connectivity index (χ3n) is 2.22. The van der Waals surface area contributed by atoms with Crippen LogP contribution in [-0.2, 0) is 0 Å². The van der Waals surface area contributed by atoms with Crippen molar-refractivity contribution in [1.29, 1.82) is 0 Å². The summed E-state index contributed by atoms with van der Waals surface area (Å²) in [5, 5.41) is 42.1. The molecule has 0 fully saturated rings. The lowest BCUT2D eigenvalue weighted by molar-refractivity contribution is -0.423. The number of nitro benzene ring substituents is 3. The Balaban J connectivity index is 0.000000541. The van der Waals surface area contributed by atoms with Gasteiger partial charge >= 0.3 is 12.1 Å². The van der Waals surface area contributed by atoms with Crippen LogP contribution >= 0.6 is 0 Å². The van der Waals surface area contributed by atoms with Crippen molar-refractivity contribution in [2.75, 3.05) is 0 Å². The molecule has 9 N–H and O–H groups in total. The second-order valence-electron chi connectivity index (χ2n) is 3.81. The number of nitrogens with one attached hydrogen (secondary N) is 4. The summed E-state index contributed by atoms with van der Waals surface area (Å²) in [5.74, 6) is 6.22. The van der Waals surface area contributed by atoms with Gasteiger partial charge < -0.3 is 5.11 Å². The highest BCUT2D eigenvalue weighted by Crippen LogP contribution is 2.36. The van der Waals surface area contributed by atoms with Crippen LogP contribution in [0.25, 0.3) is 0 Å². The molecule has 0 saturated heterocycles. The summed E-state index contributed by atoms with van der Waals surface area (Å²) in [7, 11) is 0. The van der Waals surface area contributed by atoms with Gasteiger partial charge in [0.1, 0.15) is 0 Å². The number of carbonyl (C=O) groups is 2. The SMILES string of the molecule is NNC(=O)NNC(=O)N[NH3+].O=[N+]([O-])c1cc([N+](=O)[O-])c([O-])c([N+](=O)[O-])c1. The molecule has 142 valence electrons. The zero-order valence-electron chi connectivity index (χ0n) is 12.5. The standard InChI is InChI=1S/C6H3N3O7.C2H8N6O2/c10-6-4(8(13)14)1-3(7(11)12)2-5(6)9(15)16;3-5-1(9)7-8-2(10)6-4/h1-2,10H;3-4H2,(H2,5,7,9)(H2,6,8,10). The molecule has 0 spiro atoms. The number of nitrogens with zero attached hydrogens (tertiary/aromatic N) is 3. The molecule has 4 amide bonds. The topological polar surface area (TPSA) is 288 Å². The van der Waals surface area contributed by atoms with Crippen molar-refractivity contribution in [3.8, 4) is 5.75 Å². The fourth-order valence-corrected chi connectivity index (χ4v) is 1.15. The molecule has 18 heteroatoms. The predicted molar refractivity (Wildman–Crippen MR) is 76.3 cm³/mol. The summed E-state index contributed by atoms with van der Waals surface area (Å²) in [4.78, 5) is 48.0. The first-order valence-electron chi connectivity index (χ1n) is 5.93. The zero-order chi connectivity index (χ0) is 20.4. The number of hydrogen-bond donors (Lipinski definition) is 6. The van der Waals surface area contributed by atoms with Crippen LogP contribution in [0.5, 0.6) is 5.75 Å². The molecular weight excluding hydrogens is 366 g/mol. The van der Waals surface area contributed by atoms with Crippen LogP contribution < -0.4 is 38.5 Å². The Labute approximate surface area is 141 Å². The summed E-state index contributed by atoms with van der Waals surface area (Å²) in [6.07, 6.45) is 0. The lowest BCUT2D eigenvalue weighted by Gasteiger charge is -2.06. The van der Waals surface area contributed by atoms with E-state index in [1.165, 1.54) is 0 Å². The summed E-state index contributed by atoms with van der Waals surface area (Å²) in [5.41, 5.74) is 4.26. The van der Waals surface area contributed by atoms with E-state index in [-0.39, 0.29) is 0 Å².